The molecule has 1 fully saturated rings. The number of H-pyrrole nitrogens is 1. The fraction of sp³-hybridized carbons (Fsp3) is 0.476. The van der Waals surface area contributed by atoms with Crippen LogP contribution in [0.4, 0.5) is 5.69 Å². The highest BCUT2D eigenvalue weighted by Gasteiger charge is 2.38. The van der Waals surface area contributed by atoms with E-state index in [1.807, 2.05) is 19.2 Å². The fourth-order valence-electron chi connectivity index (χ4n) is 4.16. The van der Waals surface area contributed by atoms with Crippen molar-refractivity contribution in [3.63, 3.8) is 0 Å². The number of benzene rings is 1. The maximum atomic E-state index is 12.7. The number of hydrogen-bond donors (Lipinski definition) is 1. The molecule has 1 saturated heterocycles. The molecule has 1 unspecified atom stereocenters. The van der Waals surface area contributed by atoms with Crippen LogP contribution in [0.25, 0.3) is 0 Å². The minimum absolute atomic E-state index is 0.00292. The number of aromatic amines is 1. The lowest BCUT2D eigenvalue weighted by atomic mass is 9.83. The molecule has 1 aromatic heterocycles. The lowest BCUT2D eigenvalue weighted by molar-refractivity contribution is -0.112. The van der Waals surface area contributed by atoms with Crippen molar-refractivity contribution in [2.45, 2.75) is 49.9 Å². The summed E-state index contributed by atoms with van der Waals surface area (Å²) in [6, 6.07) is 8.22. The number of nitrogens with one attached hydrogen (secondary N) is 1. The summed E-state index contributed by atoms with van der Waals surface area (Å²) in [6.45, 7) is 5.47. The van der Waals surface area contributed by atoms with Crippen molar-refractivity contribution in [1.29, 1.82) is 0 Å². The Kier molecular flexibility index (Phi) is 5.40. The molecule has 0 radical (unpaired) electrons. The van der Waals surface area contributed by atoms with E-state index in [1.54, 1.807) is 10.6 Å². The smallest absolute Gasteiger partial charge is 0.344 e. The number of aromatic nitrogens is 3. The quantitative estimate of drug-likeness (QED) is 0.578. The molecule has 3 heterocycles. The molecule has 154 valence electrons. The molecule has 0 saturated carbocycles. The highest BCUT2D eigenvalue weighted by molar-refractivity contribution is 7.99. The molecule has 0 aliphatic carbocycles. The van der Waals surface area contributed by atoms with Gasteiger partial charge in [0.1, 0.15) is 0 Å². The molecule has 1 N–H and O–H groups in total. The van der Waals surface area contributed by atoms with Crippen LogP contribution in [0.3, 0.4) is 0 Å². The number of likely N-dealkylation sites (N-methyl/N-ethyl adjacent to an activating group) is 1. The number of thioether (sulfide) groups is 1. The van der Waals surface area contributed by atoms with Crippen LogP contribution in [0.1, 0.15) is 32.3 Å². The third-order valence-corrected chi connectivity index (χ3v) is 6.71. The number of anilines is 1. The molecule has 2 aromatic rings. The molecule has 29 heavy (non-hydrogen) atoms. The molecule has 4 rings (SSSR count). The lowest BCUT2D eigenvalue weighted by Gasteiger charge is -2.23. The average Bonchev–Trinajstić information content (AvgIpc) is 3.38. The Bertz CT molecular complexity index is 1000. The van der Waals surface area contributed by atoms with Crippen LogP contribution >= 0.6 is 11.8 Å². The third-order valence-electron chi connectivity index (χ3n) is 5.72. The standard InChI is InChI=1S/C21H26N4O3S/c1-21(2)16-8-4-5-9-17(16)24(3)18(21)11-14(26)13-29-20-23-22-19(27)25(20)12-15-7-6-10-28-15/h4-5,8-9,11,15H,6-7,10,12-13H2,1-3H3,(H,22,27). The van der Waals surface area contributed by atoms with Gasteiger partial charge in [-0.2, -0.15) is 0 Å². The highest BCUT2D eigenvalue weighted by Crippen LogP contribution is 2.46. The Hall–Kier alpha value is -2.32. The van der Waals surface area contributed by atoms with Crippen molar-refractivity contribution in [1.82, 2.24) is 14.8 Å². The highest BCUT2D eigenvalue weighted by atomic mass is 32.2. The van der Waals surface area contributed by atoms with Gasteiger partial charge >= 0.3 is 5.69 Å². The number of fused-ring (bicyclic) bond motifs is 1. The Morgan fingerprint density at radius 1 is 1.41 bits per heavy atom. The second-order valence-corrected chi connectivity index (χ2v) is 8.99. The molecular weight excluding hydrogens is 388 g/mol. The number of ether oxygens (including phenoxy) is 1. The van der Waals surface area contributed by atoms with Gasteiger partial charge in [-0.3, -0.25) is 9.36 Å². The largest absolute Gasteiger partial charge is 0.376 e. The van der Waals surface area contributed by atoms with Crippen LogP contribution < -0.4 is 10.6 Å². The minimum atomic E-state index is -0.263. The number of ketones is 1. The summed E-state index contributed by atoms with van der Waals surface area (Å²) in [5, 5.41) is 7.10. The topological polar surface area (TPSA) is 80.2 Å². The predicted molar refractivity (Wildman–Crippen MR) is 114 cm³/mol. The van der Waals surface area contributed by atoms with E-state index in [0.29, 0.717) is 11.7 Å². The third kappa shape index (κ3) is 3.79. The Balaban J connectivity index is 1.47. The second kappa shape index (κ2) is 7.84. The SMILES string of the molecule is CN1C(=CC(=O)CSc2n[nH]c(=O)n2CC2CCCO2)C(C)(C)c2ccccc21. The molecule has 2 aliphatic rings. The molecule has 0 spiro atoms. The van der Waals surface area contributed by atoms with E-state index in [1.165, 1.54) is 17.3 Å². The number of carbonyl (C=O) groups is 1. The van der Waals surface area contributed by atoms with E-state index >= 15 is 0 Å². The minimum Gasteiger partial charge on any atom is -0.376 e. The maximum Gasteiger partial charge on any atom is 0.344 e. The van der Waals surface area contributed by atoms with Crippen molar-refractivity contribution in [3.8, 4) is 0 Å². The summed E-state index contributed by atoms with van der Waals surface area (Å²) in [5.41, 5.74) is 2.82. The predicted octanol–water partition coefficient (Wildman–Crippen LogP) is 2.72. The van der Waals surface area contributed by atoms with E-state index in [0.717, 1.165) is 30.8 Å². The molecule has 8 heteroatoms. The molecule has 1 aromatic carbocycles. The molecule has 1 atom stereocenters. The zero-order valence-corrected chi connectivity index (χ0v) is 17.8. The molecule has 2 aliphatic heterocycles. The van der Waals surface area contributed by atoms with Gasteiger partial charge in [-0.05, 0) is 24.5 Å². The van der Waals surface area contributed by atoms with Gasteiger partial charge in [-0.25, -0.2) is 9.89 Å². The van der Waals surface area contributed by atoms with Crippen molar-refractivity contribution in [2.75, 3.05) is 24.3 Å². The number of rotatable bonds is 6. The van der Waals surface area contributed by atoms with Crippen LogP contribution in [0.15, 0.2) is 46.0 Å². The number of carbonyl (C=O) groups excluding carboxylic acids is 1. The van der Waals surface area contributed by atoms with Gasteiger partial charge in [-0.15, -0.1) is 5.10 Å². The van der Waals surface area contributed by atoms with Crippen LogP contribution in [0, 0.1) is 0 Å². The van der Waals surface area contributed by atoms with E-state index in [-0.39, 0.29) is 28.7 Å². The van der Waals surface area contributed by atoms with Gasteiger partial charge in [0, 0.05) is 36.5 Å². The first-order chi connectivity index (χ1) is 13.9. The van der Waals surface area contributed by atoms with E-state index in [4.69, 9.17) is 4.74 Å². The van der Waals surface area contributed by atoms with E-state index in [2.05, 4.69) is 41.1 Å². The molecular formula is C21H26N4O3S. The normalized spacial score (nSPS) is 21.7. The summed E-state index contributed by atoms with van der Waals surface area (Å²) >= 11 is 1.28. The number of hydrogen-bond acceptors (Lipinski definition) is 6. The Labute approximate surface area is 174 Å². The summed E-state index contributed by atoms with van der Waals surface area (Å²) in [4.78, 5) is 26.9. The van der Waals surface area contributed by atoms with Gasteiger partial charge in [0.05, 0.1) is 18.4 Å². The van der Waals surface area contributed by atoms with Crippen molar-refractivity contribution < 1.29 is 9.53 Å². The Morgan fingerprint density at radius 2 is 2.21 bits per heavy atom. The number of nitrogens with zero attached hydrogens (tertiary/aromatic N) is 3. The van der Waals surface area contributed by atoms with Gasteiger partial charge < -0.3 is 9.64 Å². The van der Waals surface area contributed by atoms with Crippen LogP contribution in [-0.2, 0) is 21.5 Å². The second-order valence-electron chi connectivity index (χ2n) is 8.04. The fourth-order valence-corrected chi connectivity index (χ4v) is 4.93. The average molecular weight is 415 g/mol. The first-order valence-corrected chi connectivity index (χ1v) is 10.8. The zero-order valence-electron chi connectivity index (χ0n) is 17.0. The van der Waals surface area contributed by atoms with Crippen molar-refractivity contribution in [3.05, 3.63) is 52.1 Å². The number of para-hydroxylation sites is 1. The summed E-state index contributed by atoms with van der Waals surface area (Å²) in [5.74, 6) is 0.219. The maximum absolute atomic E-state index is 12.7. The van der Waals surface area contributed by atoms with Gasteiger partial charge in [0.2, 0.25) is 0 Å². The molecule has 0 amide bonds. The van der Waals surface area contributed by atoms with Crippen LogP contribution in [0.2, 0.25) is 0 Å². The van der Waals surface area contributed by atoms with Crippen LogP contribution in [-0.4, -0.2) is 46.1 Å². The zero-order chi connectivity index (χ0) is 20.6. The van der Waals surface area contributed by atoms with Gasteiger partial charge in [0.25, 0.3) is 0 Å². The van der Waals surface area contributed by atoms with Crippen LogP contribution in [0.5, 0.6) is 0 Å². The first-order valence-electron chi connectivity index (χ1n) is 9.86. The lowest BCUT2D eigenvalue weighted by Crippen LogP contribution is -2.25. The van der Waals surface area contributed by atoms with E-state index < -0.39 is 0 Å². The Morgan fingerprint density at radius 3 is 2.93 bits per heavy atom. The molecule has 7 nitrogen and oxygen atoms in total. The summed E-state index contributed by atoms with van der Waals surface area (Å²) in [7, 11) is 1.99. The molecule has 0 bridgehead atoms. The summed E-state index contributed by atoms with van der Waals surface area (Å²) < 4.78 is 7.20. The van der Waals surface area contributed by atoms with Gasteiger partial charge in [-0.1, -0.05) is 43.8 Å². The number of allylic oxidation sites excluding steroid dienone is 2. The summed E-state index contributed by atoms with van der Waals surface area (Å²) in [6.07, 6.45) is 3.71. The van der Waals surface area contributed by atoms with E-state index in [9.17, 15) is 9.59 Å². The first kappa shape index (κ1) is 20.0. The van der Waals surface area contributed by atoms with Crippen molar-refractivity contribution >= 4 is 23.2 Å². The van der Waals surface area contributed by atoms with Crippen molar-refractivity contribution in [2.24, 2.45) is 0 Å². The monoisotopic (exact) mass is 414 g/mol. The van der Waals surface area contributed by atoms with Gasteiger partial charge in [0.15, 0.2) is 10.9 Å².